The zero-order chi connectivity index (χ0) is 30.8. The van der Waals surface area contributed by atoms with Gasteiger partial charge in [0.2, 0.25) is 0 Å². The van der Waals surface area contributed by atoms with Crippen LogP contribution in [0.5, 0.6) is 11.5 Å². The molecule has 0 radical (unpaired) electrons. The molecule has 1 aliphatic carbocycles. The molecule has 4 nitrogen and oxygen atoms in total. The van der Waals surface area contributed by atoms with Crippen molar-refractivity contribution in [3.8, 4) is 33.8 Å². The summed E-state index contributed by atoms with van der Waals surface area (Å²) in [6, 6.07) is 29.1. The highest BCUT2D eigenvalue weighted by Gasteiger charge is 2.25. The van der Waals surface area contributed by atoms with Crippen LogP contribution in [0.25, 0.3) is 22.3 Å². The lowest BCUT2D eigenvalue weighted by molar-refractivity contribution is 0.445. The van der Waals surface area contributed by atoms with Crippen LogP contribution >= 0.6 is 0 Å². The molecular weight excluding hydrogens is 528 g/mol. The molecule has 0 amide bonds. The van der Waals surface area contributed by atoms with Crippen molar-refractivity contribution >= 4 is 12.4 Å². The van der Waals surface area contributed by atoms with Crippen LogP contribution in [0, 0.1) is 0 Å². The predicted octanol–water partition coefficient (Wildman–Crippen LogP) is 9.49. The highest BCUT2D eigenvalue weighted by atomic mass is 16.3. The van der Waals surface area contributed by atoms with Gasteiger partial charge in [0.15, 0.2) is 0 Å². The molecule has 0 bridgehead atoms. The summed E-state index contributed by atoms with van der Waals surface area (Å²) in [5.74, 6) is 0.596. The van der Waals surface area contributed by atoms with Crippen molar-refractivity contribution in [3.63, 3.8) is 0 Å². The number of nitrogens with zero attached hydrogens (tertiary/aromatic N) is 2. The first-order valence-corrected chi connectivity index (χ1v) is 15.3. The Labute approximate surface area is 256 Å². The summed E-state index contributed by atoms with van der Waals surface area (Å²) < 4.78 is 0. The first kappa shape index (κ1) is 30.3. The summed E-state index contributed by atoms with van der Waals surface area (Å²) >= 11 is 0. The van der Waals surface area contributed by atoms with E-state index in [0.29, 0.717) is 11.5 Å². The highest BCUT2D eigenvalue weighted by molar-refractivity contribution is 5.88. The Morgan fingerprint density at radius 3 is 1.28 bits per heavy atom. The van der Waals surface area contributed by atoms with E-state index in [0.717, 1.165) is 63.8 Å². The van der Waals surface area contributed by atoms with E-state index in [9.17, 15) is 10.2 Å². The van der Waals surface area contributed by atoms with E-state index in [1.165, 1.54) is 0 Å². The predicted molar refractivity (Wildman–Crippen MR) is 181 cm³/mol. The smallest absolute Gasteiger partial charge is 0.128 e. The molecule has 1 fully saturated rings. The lowest BCUT2D eigenvalue weighted by Crippen LogP contribution is -2.12. The molecule has 0 aliphatic heterocycles. The van der Waals surface area contributed by atoms with Gasteiger partial charge in [-0.05, 0) is 76.6 Å². The van der Waals surface area contributed by atoms with Crippen molar-refractivity contribution in [2.45, 2.75) is 83.7 Å². The van der Waals surface area contributed by atoms with Gasteiger partial charge in [0.25, 0.3) is 0 Å². The van der Waals surface area contributed by atoms with Crippen molar-refractivity contribution in [2.75, 3.05) is 0 Å². The van der Waals surface area contributed by atoms with Gasteiger partial charge < -0.3 is 10.2 Å². The standard InChI is InChI=1S/C39H44N2O2/c1-38(2,3)34-21-28(26-13-9-7-10-14-26)19-30(36(34)42)24-40-32-17-18-33(23-32)41-25-31-20-29(27-15-11-8-12-16-27)22-35(37(31)43)39(4,5)6/h7-16,19-22,24-25,32-33,42-43H,17-18,23H2,1-6H3. The van der Waals surface area contributed by atoms with E-state index >= 15 is 0 Å². The summed E-state index contributed by atoms with van der Waals surface area (Å²) in [5.41, 5.74) is 7.29. The molecule has 1 saturated carbocycles. The van der Waals surface area contributed by atoms with Crippen LogP contribution in [0.1, 0.15) is 83.1 Å². The maximum atomic E-state index is 11.2. The van der Waals surface area contributed by atoms with Crippen molar-refractivity contribution in [2.24, 2.45) is 9.98 Å². The van der Waals surface area contributed by atoms with E-state index < -0.39 is 0 Å². The molecule has 1 aliphatic rings. The van der Waals surface area contributed by atoms with Crippen LogP contribution in [-0.2, 0) is 10.8 Å². The van der Waals surface area contributed by atoms with Gasteiger partial charge in [-0.2, -0.15) is 0 Å². The second-order valence-corrected chi connectivity index (χ2v) is 13.8. The normalized spacial score (nSPS) is 17.7. The summed E-state index contributed by atoms with van der Waals surface area (Å²) in [7, 11) is 0. The Balaban J connectivity index is 1.37. The second-order valence-electron chi connectivity index (χ2n) is 13.8. The molecule has 2 atom stereocenters. The summed E-state index contributed by atoms with van der Waals surface area (Å²) in [4.78, 5) is 9.85. The Morgan fingerprint density at radius 1 is 0.558 bits per heavy atom. The first-order chi connectivity index (χ1) is 20.4. The Morgan fingerprint density at radius 2 is 0.930 bits per heavy atom. The highest BCUT2D eigenvalue weighted by Crippen LogP contribution is 2.38. The van der Waals surface area contributed by atoms with E-state index in [2.05, 4.69) is 77.9 Å². The third-order valence-electron chi connectivity index (χ3n) is 8.34. The average molecular weight is 573 g/mol. The monoisotopic (exact) mass is 572 g/mol. The summed E-state index contributed by atoms with van der Waals surface area (Å²) in [6.45, 7) is 12.7. The van der Waals surface area contributed by atoms with E-state index in [-0.39, 0.29) is 22.9 Å². The Kier molecular flexibility index (Phi) is 8.59. The van der Waals surface area contributed by atoms with E-state index in [4.69, 9.17) is 9.98 Å². The van der Waals surface area contributed by atoms with Gasteiger partial charge in [0.05, 0.1) is 12.1 Å². The number of rotatable bonds is 6. The van der Waals surface area contributed by atoms with Crippen molar-refractivity contribution in [1.82, 2.24) is 0 Å². The van der Waals surface area contributed by atoms with Crippen molar-refractivity contribution < 1.29 is 10.2 Å². The van der Waals surface area contributed by atoms with Crippen LogP contribution in [0.3, 0.4) is 0 Å². The van der Waals surface area contributed by atoms with Crippen LogP contribution in [0.2, 0.25) is 0 Å². The number of benzene rings is 4. The molecule has 43 heavy (non-hydrogen) atoms. The van der Waals surface area contributed by atoms with Crippen LogP contribution in [0.4, 0.5) is 0 Å². The summed E-state index contributed by atoms with van der Waals surface area (Å²) in [5, 5.41) is 22.4. The lowest BCUT2D eigenvalue weighted by Gasteiger charge is -2.23. The SMILES string of the molecule is CC(C)(C)c1cc(-c2ccccc2)cc(C=NC2CCC(N=Cc3cc(-c4ccccc4)cc(C(C)(C)C)c3O)C2)c1O. The van der Waals surface area contributed by atoms with Gasteiger partial charge in [0.1, 0.15) is 11.5 Å². The van der Waals surface area contributed by atoms with Gasteiger partial charge in [-0.3, -0.25) is 9.98 Å². The van der Waals surface area contributed by atoms with Gasteiger partial charge in [-0.25, -0.2) is 0 Å². The molecule has 4 heteroatoms. The van der Waals surface area contributed by atoms with Crippen LogP contribution in [0.15, 0.2) is 94.9 Å². The van der Waals surface area contributed by atoms with E-state index in [1.807, 2.05) is 61.0 Å². The molecule has 2 N–H and O–H groups in total. The number of hydrogen-bond acceptors (Lipinski definition) is 4. The summed E-state index contributed by atoms with van der Waals surface area (Å²) in [6.07, 6.45) is 6.40. The van der Waals surface area contributed by atoms with Gasteiger partial charge in [-0.15, -0.1) is 0 Å². The first-order valence-electron chi connectivity index (χ1n) is 15.3. The van der Waals surface area contributed by atoms with Crippen LogP contribution in [-0.4, -0.2) is 34.7 Å². The van der Waals surface area contributed by atoms with Gasteiger partial charge >= 0.3 is 0 Å². The minimum Gasteiger partial charge on any atom is -0.507 e. The maximum Gasteiger partial charge on any atom is 0.128 e. The van der Waals surface area contributed by atoms with Gasteiger partial charge in [0, 0.05) is 34.7 Å². The Hall–Kier alpha value is -4.18. The number of phenols is 2. The topological polar surface area (TPSA) is 65.2 Å². The molecule has 0 spiro atoms. The van der Waals surface area contributed by atoms with Gasteiger partial charge in [-0.1, -0.05) is 102 Å². The minimum atomic E-state index is -0.207. The van der Waals surface area contributed by atoms with Crippen molar-refractivity contribution in [3.05, 3.63) is 107 Å². The largest absolute Gasteiger partial charge is 0.507 e. The number of aromatic hydroxyl groups is 2. The molecule has 0 heterocycles. The number of aliphatic imine (C=N–C) groups is 2. The quantitative estimate of drug-likeness (QED) is 0.226. The molecular formula is C39H44N2O2. The fraction of sp³-hybridized carbons (Fsp3) is 0.333. The zero-order valence-electron chi connectivity index (χ0n) is 26.3. The minimum absolute atomic E-state index is 0.134. The average Bonchev–Trinajstić information content (AvgIpc) is 3.43. The van der Waals surface area contributed by atoms with E-state index in [1.54, 1.807) is 0 Å². The molecule has 4 aromatic rings. The lowest BCUT2D eigenvalue weighted by atomic mass is 9.83. The number of phenolic OH excluding ortho intramolecular Hbond substituents is 2. The van der Waals surface area contributed by atoms with Crippen LogP contribution < -0.4 is 0 Å². The molecule has 0 aromatic heterocycles. The zero-order valence-corrected chi connectivity index (χ0v) is 26.3. The third kappa shape index (κ3) is 7.07. The molecule has 0 saturated heterocycles. The van der Waals surface area contributed by atoms with Crippen molar-refractivity contribution in [1.29, 1.82) is 0 Å². The Bertz CT molecular complexity index is 1500. The molecule has 2 unspecified atom stereocenters. The maximum absolute atomic E-state index is 11.2. The molecule has 4 aromatic carbocycles. The molecule has 222 valence electrons. The second kappa shape index (κ2) is 12.2. The number of hydrogen-bond donors (Lipinski definition) is 2. The molecule has 5 rings (SSSR count). The third-order valence-corrected chi connectivity index (χ3v) is 8.34. The fourth-order valence-corrected chi connectivity index (χ4v) is 5.83. The fourth-order valence-electron chi connectivity index (χ4n) is 5.83.